The quantitative estimate of drug-likeness (QED) is 0.695. The Hall–Kier alpha value is -2.87. The van der Waals surface area contributed by atoms with Gasteiger partial charge in [0.15, 0.2) is 0 Å². The fraction of sp³-hybridized carbons (Fsp3) is 0.136. The van der Waals surface area contributed by atoms with Crippen molar-refractivity contribution in [2.24, 2.45) is 0 Å². The van der Waals surface area contributed by atoms with Gasteiger partial charge in [-0.25, -0.2) is 0 Å². The van der Waals surface area contributed by atoms with Crippen molar-refractivity contribution in [2.75, 3.05) is 4.90 Å². The minimum absolute atomic E-state index is 0.138. The van der Waals surface area contributed by atoms with Gasteiger partial charge >= 0.3 is 0 Å². The molecule has 1 atom stereocenters. The standard InChI is InChI=1S/C22H19NO/c1-22(18-12-6-3-7-13-18)19-14-8-9-15-20(19)23(21(22)24)16-17-10-4-2-5-11-17/h2-15H,16H2,1H3/t22-/m0/s1. The van der Waals surface area contributed by atoms with Crippen LogP contribution in [0.3, 0.4) is 0 Å². The third-order valence-electron chi connectivity index (χ3n) is 4.94. The van der Waals surface area contributed by atoms with Gasteiger partial charge in [-0.05, 0) is 29.7 Å². The fourth-order valence-electron chi connectivity index (χ4n) is 3.60. The molecule has 0 aliphatic carbocycles. The Bertz CT molecular complexity index is 873. The Balaban J connectivity index is 1.83. The minimum atomic E-state index is -0.632. The highest BCUT2D eigenvalue weighted by atomic mass is 16.2. The highest BCUT2D eigenvalue weighted by Gasteiger charge is 2.48. The van der Waals surface area contributed by atoms with E-state index in [1.165, 1.54) is 0 Å². The molecule has 3 aromatic rings. The SMILES string of the molecule is C[C@@]1(c2ccccc2)C(=O)N(Cc2ccccc2)c2ccccc21. The zero-order chi connectivity index (χ0) is 16.6. The van der Waals surface area contributed by atoms with Gasteiger partial charge in [0.1, 0.15) is 0 Å². The molecule has 0 bridgehead atoms. The molecule has 1 amide bonds. The van der Waals surface area contributed by atoms with Crippen molar-refractivity contribution < 1.29 is 4.79 Å². The van der Waals surface area contributed by atoms with E-state index in [-0.39, 0.29) is 5.91 Å². The Kier molecular flexibility index (Phi) is 3.46. The number of para-hydroxylation sites is 1. The lowest BCUT2D eigenvalue weighted by atomic mass is 9.77. The summed E-state index contributed by atoms with van der Waals surface area (Å²) in [6, 6.07) is 28.3. The molecule has 1 aliphatic heterocycles. The number of rotatable bonds is 3. The molecule has 0 unspecified atom stereocenters. The number of benzene rings is 3. The molecule has 24 heavy (non-hydrogen) atoms. The summed E-state index contributed by atoms with van der Waals surface area (Å²) in [7, 11) is 0. The topological polar surface area (TPSA) is 20.3 Å². The third-order valence-corrected chi connectivity index (χ3v) is 4.94. The number of nitrogens with zero attached hydrogens (tertiary/aromatic N) is 1. The summed E-state index contributed by atoms with van der Waals surface area (Å²) in [5.74, 6) is 0.138. The van der Waals surface area contributed by atoms with E-state index < -0.39 is 5.41 Å². The molecular weight excluding hydrogens is 294 g/mol. The second-order valence-electron chi connectivity index (χ2n) is 6.39. The molecule has 1 aliphatic rings. The number of anilines is 1. The molecule has 0 N–H and O–H groups in total. The van der Waals surface area contributed by atoms with Crippen molar-refractivity contribution in [3.8, 4) is 0 Å². The van der Waals surface area contributed by atoms with E-state index >= 15 is 0 Å². The van der Waals surface area contributed by atoms with Crippen LogP contribution in [0, 0.1) is 0 Å². The van der Waals surface area contributed by atoms with Crippen molar-refractivity contribution in [1.82, 2.24) is 0 Å². The molecule has 1 heterocycles. The van der Waals surface area contributed by atoms with Crippen LogP contribution in [0.1, 0.15) is 23.6 Å². The van der Waals surface area contributed by atoms with Crippen molar-refractivity contribution in [3.63, 3.8) is 0 Å². The summed E-state index contributed by atoms with van der Waals surface area (Å²) >= 11 is 0. The van der Waals surface area contributed by atoms with Gasteiger partial charge in [0.25, 0.3) is 0 Å². The monoisotopic (exact) mass is 313 g/mol. The van der Waals surface area contributed by atoms with Gasteiger partial charge in [0.2, 0.25) is 5.91 Å². The second-order valence-corrected chi connectivity index (χ2v) is 6.39. The summed E-state index contributed by atoms with van der Waals surface area (Å²) in [4.78, 5) is 15.3. The lowest BCUT2D eigenvalue weighted by molar-refractivity contribution is -0.121. The maximum absolute atomic E-state index is 13.4. The van der Waals surface area contributed by atoms with E-state index in [1.54, 1.807) is 0 Å². The summed E-state index contributed by atoms with van der Waals surface area (Å²) in [5.41, 5.74) is 3.64. The van der Waals surface area contributed by atoms with E-state index in [2.05, 4.69) is 18.2 Å². The lowest BCUT2D eigenvalue weighted by Gasteiger charge is -2.25. The highest BCUT2D eigenvalue weighted by Crippen LogP contribution is 2.46. The van der Waals surface area contributed by atoms with E-state index in [0.29, 0.717) is 6.54 Å². The minimum Gasteiger partial charge on any atom is -0.307 e. The number of hydrogen-bond acceptors (Lipinski definition) is 1. The summed E-state index contributed by atoms with van der Waals surface area (Å²) in [6.45, 7) is 2.63. The van der Waals surface area contributed by atoms with Crippen LogP contribution < -0.4 is 4.90 Å². The number of fused-ring (bicyclic) bond motifs is 1. The summed E-state index contributed by atoms with van der Waals surface area (Å²) in [6.07, 6.45) is 0. The summed E-state index contributed by atoms with van der Waals surface area (Å²) in [5, 5.41) is 0. The zero-order valence-corrected chi connectivity index (χ0v) is 13.6. The van der Waals surface area contributed by atoms with Crippen molar-refractivity contribution >= 4 is 11.6 Å². The van der Waals surface area contributed by atoms with Crippen molar-refractivity contribution in [3.05, 3.63) is 102 Å². The first-order valence-corrected chi connectivity index (χ1v) is 8.22. The molecule has 0 fully saturated rings. The van der Waals surface area contributed by atoms with Crippen LogP contribution in [0.2, 0.25) is 0 Å². The van der Waals surface area contributed by atoms with E-state index in [0.717, 1.165) is 22.4 Å². The molecule has 2 nitrogen and oxygen atoms in total. The summed E-state index contributed by atoms with van der Waals surface area (Å²) < 4.78 is 0. The van der Waals surface area contributed by atoms with Crippen LogP contribution in [-0.4, -0.2) is 5.91 Å². The molecule has 2 heteroatoms. The van der Waals surface area contributed by atoms with Crippen LogP contribution in [0.15, 0.2) is 84.9 Å². The van der Waals surface area contributed by atoms with Gasteiger partial charge in [0.05, 0.1) is 12.0 Å². The Morgan fingerprint density at radius 2 is 1.38 bits per heavy atom. The zero-order valence-electron chi connectivity index (χ0n) is 13.6. The Morgan fingerprint density at radius 1 is 0.792 bits per heavy atom. The first-order valence-electron chi connectivity index (χ1n) is 8.22. The first-order chi connectivity index (χ1) is 11.7. The van der Waals surface area contributed by atoms with Crippen LogP contribution in [-0.2, 0) is 16.8 Å². The van der Waals surface area contributed by atoms with Crippen molar-refractivity contribution in [2.45, 2.75) is 18.9 Å². The Labute approximate surface area is 142 Å². The molecule has 0 radical (unpaired) electrons. The molecule has 118 valence electrons. The molecule has 3 aromatic carbocycles. The predicted octanol–water partition coefficient (Wildman–Crippen LogP) is 4.54. The number of carbonyl (C=O) groups is 1. The van der Waals surface area contributed by atoms with Crippen LogP contribution in [0.5, 0.6) is 0 Å². The smallest absolute Gasteiger partial charge is 0.242 e. The second kappa shape index (κ2) is 5.64. The number of amides is 1. The van der Waals surface area contributed by atoms with Crippen molar-refractivity contribution in [1.29, 1.82) is 0 Å². The molecule has 0 saturated carbocycles. The lowest BCUT2D eigenvalue weighted by Crippen LogP contribution is -2.38. The van der Waals surface area contributed by atoms with E-state index in [4.69, 9.17) is 0 Å². The average Bonchev–Trinajstić information content (AvgIpc) is 2.87. The maximum atomic E-state index is 13.4. The average molecular weight is 313 g/mol. The largest absolute Gasteiger partial charge is 0.307 e. The van der Waals surface area contributed by atoms with E-state index in [9.17, 15) is 4.79 Å². The van der Waals surface area contributed by atoms with Crippen LogP contribution >= 0.6 is 0 Å². The third kappa shape index (κ3) is 2.15. The van der Waals surface area contributed by atoms with Gasteiger partial charge in [-0.1, -0.05) is 78.9 Å². The first kappa shape index (κ1) is 14.7. The normalized spacial score (nSPS) is 19.4. The molecular formula is C22H19NO. The fourth-order valence-corrected chi connectivity index (χ4v) is 3.60. The Morgan fingerprint density at radius 3 is 2.08 bits per heavy atom. The highest BCUT2D eigenvalue weighted by molar-refractivity contribution is 6.10. The predicted molar refractivity (Wildman–Crippen MR) is 97.0 cm³/mol. The number of carbonyl (C=O) groups excluding carboxylic acids is 1. The van der Waals surface area contributed by atoms with Crippen LogP contribution in [0.25, 0.3) is 0 Å². The van der Waals surface area contributed by atoms with Gasteiger partial charge in [0, 0.05) is 5.69 Å². The van der Waals surface area contributed by atoms with Gasteiger partial charge in [-0.2, -0.15) is 0 Å². The van der Waals surface area contributed by atoms with E-state index in [1.807, 2.05) is 78.6 Å². The molecule has 4 rings (SSSR count). The van der Waals surface area contributed by atoms with Gasteiger partial charge < -0.3 is 4.90 Å². The number of hydrogen-bond donors (Lipinski definition) is 0. The van der Waals surface area contributed by atoms with Gasteiger partial charge in [-0.15, -0.1) is 0 Å². The molecule has 0 saturated heterocycles. The van der Waals surface area contributed by atoms with Gasteiger partial charge in [-0.3, -0.25) is 4.79 Å². The van der Waals surface area contributed by atoms with Crippen LogP contribution in [0.4, 0.5) is 5.69 Å². The maximum Gasteiger partial charge on any atom is 0.242 e. The molecule has 0 aromatic heterocycles. The molecule has 0 spiro atoms.